The second-order valence-electron chi connectivity index (χ2n) is 23.8. The standard InChI is InChI=1S/C31H23N2S.C30H30N.C13H24O2.Ir/c1-31(2,3)17-19-8-11-28-27(14-19)25-10-9-24-26(30(25)34-28)12-13-33-29(24)21-15-20-6-4-5-7-23(20)22(16-21)18-32;1-21-16-22(2)18-28(17-21)29-19-27(14-15-31-29)26-12-10-25(11-13-26)24-8-6-23(7-9-24)20-30(3,4)5;1-5-10(6-2)12(14)9-13(15)11(7-3)8-4;/h4-14,16H,17H2,1-3H3;6-17,19H,20H2,1-5H3;9-11,14H,5-8H2,1-4H3;/q2*-1;;/b;;12-9-;. The molecule has 7 heteroatoms. The monoisotopic (exact) mass is 1260 g/mol. The molecule has 417 valence electrons. The second-order valence-corrected chi connectivity index (χ2v) is 24.9. The van der Waals surface area contributed by atoms with Crippen LogP contribution in [0, 0.1) is 60.0 Å². The van der Waals surface area contributed by atoms with Crippen molar-refractivity contribution in [2.75, 3.05) is 0 Å². The van der Waals surface area contributed by atoms with Crippen LogP contribution < -0.4 is 0 Å². The van der Waals surface area contributed by atoms with Crippen molar-refractivity contribution in [3.63, 3.8) is 0 Å². The zero-order valence-electron chi connectivity index (χ0n) is 49.3. The van der Waals surface area contributed by atoms with Gasteiger partial charge in [0.15, 0.2) is 5.78 Å². The van der Waals surface area contributed by atoms with Gasteiger partial charge >= 0.3 is 0 Å². The topological polar surface area (TPSA) is 86.9 Å². The van der Waals surface area contributed by atoms with Gasteiger partial charge in [0, 0.05) is 76.3 Å². The first-order chi connectivity index (χ1) is 38.3. The first-order valence-corrected chi connectivity index (χ1v) is 29.3. The van der Waals surface area contributed by atoms with Gasteiger partial charge in [0.25, 0.3) is 0 Å². The maximum absolute atomic E-state index is 11.7. The van der Waals surface area contributed by atoms with E-state index in [1.807, 2.05) is 81.8 Å². The zero-order chi connectivity index (χ0) is 57.3. The SMILES string of the molecule is CC(C)(C)Cc1ccc2sc3c4ccnc(-c5[c-]c6ccccc6c(C#N)c5)c4ccc3c2c1.CCC(CC)C(=O)/C=C(\O)C(CC)CC.Cc1[c-]c(-c2cc(-c3ccc(-c4ccc(CC(C)(C)C)cc4)cc3)ccn2)cc(C)c1.[Ir]. The molecule has 81 heavy (non-hydrogen) atoms. The van der Waals surface area contributed by atoms with Gasteiger partial charge in [-0.05, 0) is 129 Å². The van der Waals surface area contributed by atoms with Gasteiger partial charge in [-0.3, -0.25) is 9.78 Å². The summed E-state index contributed by atoms with van der Waals surface area (Å²) in [7, 11) is 0. The van der Waals surface area contributed by atoms with E-state index < -0.39 is 0 Å². The van der Waals surface area contributed by atoms with Crippen molar-refractivity contribution in [2.45, 2.75) is 122 Å². The fourth-order valence-electron chi connectivity index (χ4n) is 10.8. The van der Waals surface area contributed by atoms with Crippen LogP contribution >= 0.6 is 11.3 Å². The Balaban J connectivity index is 0.000000187. The Bertz CT molecular complexity index is 3840. The summed E-state index contributed by atoms with van der Waals surface area (Å²) in [4.78, 5) is 21.0. The van der Waals surface area contributed by atoms with Crippen molar-refractivity contribution < 1.29 is 30.0 Å². The molecule has 0 aliphatic rings. The van der Waals surface area contributed by atoms with Gasteiger partial charge in [-0.25, -0.2) is 0 Å². The normalized spacial score (nSPS) is 11.8. The minimum Gasteiger partial charge on any atom is -0.512 e. The van der Waals surface area contributed by atoms with E-state index in [-0.39, 0.29) is 48.9 Å². The predicted molar refractivity (Wildman–Crippen MR) is 340 cm³/mol. The number of benzene rings is 7. The molecule has 0 fully saturated rings. The Labute approximate surface area is 499 Å². The molecule has 3 heterocycles. The number of aromatic nitrogens is 2. The average Bonchev–Trinajstić information content (AvgIpc) is 3.81. The first kappa shape index (κ1) is 61.5. The number of carbonyl (C=O) groups is 1. The fourth-order valence-corrected chi connectivity index (χ4v) is 12.0. The van der Waals surface area contributed by atoms with Gasteiger partial charge in [-0.1, -0.05) is 185 Å². The van der Waals surface area contributed by atoms with Crippen LogP contribution in [-0.2, 0) is 37.7 Å². The molecule has 7 aromatic carbocycles. The summed E-state index contributed by atoms with van der Waals surface area (Å²) < 4.78 is 2.59. The summed E-state index contributed by atoms with van der Waals surface area (Å²) in [6.07, 6.45) is 10.8. The smallest absolute Gasteiger partial charge is 0.162 e. The maximum Gasteiger partial charge on any atom is 0.162 e. The van der Waals surface area contributed by atoms with Gasteiger partial charge < -0.3 is 10.1 Å². The van der Waals surface area contributed by atoms with Crippen LogP contribution in [-0.4, -0.2) is 20.9 Å². The second kappa shape index (κ2) is 27.1. The van der Waals surface area contributed by atoms with Crippen LogP contribution in [0.3, 0.4) is 0 Å². The number of hydrogen-bond acceptors (Lipinski definition) is 6. The first-order valence-electron chi connectivity index (χ1n) is 28.5. The van der Waals surface area contributed by atoms with Gasteiger partial charge in [-0.15, -0.1) is 69.8 Å². The molecule has 1 radical (unpaired) electrons. The molecule has 0 spiro atoms. The van der Waals surface area contributed by atoms with Gasteiger partial charge in [0.2, 0.25) is 0 Å². The molecule has 0 amide bonds. The number of ketones is 1. The van der Waals surface area contributed by atoms with E-state index in [0.717, 1.165) is 82.8 Å². The van der Waals surface area contributed by atoms with Crippen LogP contribution in [0.2, 0.25) is 0 Å². The van der Waals surface area contributed by atoms with Crippen molar-refractivity contribution in [3.05, 3.63) is 204 Å². The largest absolute Gasteiger partial charge is 0.512 e. The molecule has 0 saturated carbocycles. The van der Waals surface area contributed by atoms with Crippen LogP contribution in [0.25, 0.3) is 86.5 Å². The summed E-state index contributed by atoms with van der Waals surface area (Å²) in [5.41, 5.74) is 14.9. The number of allylic oxidation sites excluding steroid dienone is 2. The van der Waals surface area contributed by atoms with Gasteiger partial charge in [0.1, 0.15) is 0 Å². The molecule has 3 aromatic heterocycles. The van der Waals surface area contributed by atoms with Crippen molar-refractivity contribution in [3.8, 4) is 50.8 Å². The number of fused-ring (bicyclic) bond motifs is 6. The Morgan fingerprint density at radius 1 is 0.605 bits per heavy atom. The molecule has 0 unspecified atom stereocenters. The van der Waals surface area contributed by atoms with E-state index in [4.69, 9.17) is 4.98 Å². The summed E-state index contributed by atoms with van der Waals surface area (Å²) in [5.74, 6) is 0.547. The van der Waals surface area contributed by atoms with Crippen molar-refractivity contribution in [1.82, 2.24) is 9.97 Å². The van der Waals surface area contributed by atoms with E-state index >= 15 is 0 Å². The quantitative estimate of drug-likeness (QED) is 0.0706. The summed E-state index contributed by atoms with van der Waals surface area (Å²) in [5, 5.41) is 26.3. The molecule has 5 nitrogen and oxygen atoms in total. The van der Waals surface area contributed by atoms with Gasteiger partial charge in [-0.2, -0.15) is 5.26 Å². The Morgan fingerprint density at radius 2 is 1.19 bits per heavy atom. The van der Waals surface area contributed by atoms with Gasteiger partial charge in [0.05, 0.1) is 11.8 Å². The molecule has 0 saturated heterocycles. The van der Waals surface area contributed by atoms with E-state index in [1.165, 1.54) is 70.6 Å². The number of hydrogen-bond donors (Lipinski definition) is 1. The van der Waals surface area contributed by atoms with E-state index in [0.29, 0.717) is 11.0 Å². The average molecular weight is 1260 g/mol. The minimum atomic E-state index is 0. The number of nitriles is 1. The molecule has 0 aliphatic heterocycles. The molecular formula is C74H77IrN3O2S-2. The number of aryl methyl sites for hydroxylation is 2. The molecule has 1 N–H and O–H groups in total. The Kier molecular flexibility index (Phi) is 20.6. The minimum absolute atomic E-state index is 0. The number of carbonyl (C=O) groups excluding carboxylic acids is 1. The van der Waals surface area contributed by atoms with Crippen molar-refractivity contribution in [1.29, 1.82) is 5.26 Å². The van der Waals surface area contributed by atoms with Crippen LogP contribution in [0.5, 0.6) is 0 Å². The molecular weight excluding hydrogens is 1190 g/mol. The summed E-state index contributed by atoms with van der Waals surface area (Å²) in [6, 6.07) is 58.8. The molecule has 0 aliphatic carbocycles. The third kappa shape index (κ3) is 15.5. The van der Waals surface area contributed by atoms with Crippen molar-refractivity contribution >= 4 is 58.8 Å². The zero-order valence-corrected chi connectivity index (χ0v) is 52.6. The van der Waals surface area contributed by atoms with Crippen LogP contribution in [0.15, 0.2) is 164 Å². The summed E-state index contributed by atoms with van der Waals surface area (Å²) in [6.45, 7) is 26.0. The number of rotatable bonds is 13. The van der Waals surface area contributed by atoms with E-state index in [2.05, 4.69) is 188 Å². The Morgan fingerprint density at radius 3 is 1.81 bits per heavy atom. The maximum atomic E-state index is 11.7. The molecule has 0 atom stereocenters. The molecule has 0 bridgehead atoms. The van der Waals surface area contributed by atoms with Crippen molar-refractivity contribution in [2.24, 2.45) is 22.7 Å². The number of aliphatic hydroxyl groups excluding tert-OH is 1. The Hall–Kier alpha value is -7.07. The number of thiophene rings is 1. The fraction of sp³-hybridized carbons (Fsp3) is 0.297. The predicted octanol–water partition coefficient (Wildman–Crippen LogP) is 20.6. The number of pyridine rings is 2. The summed E-state index contributed by atoms with van der Waals surface area (Å²) >= 11 is 1.84. The van der Waals surface area contributed by atoms with Crippen LogP contribution in [0.1, 0.15) is 123 Å². The molecule has 10 rings (SSSR count). The third-order valence-electron chi connectivity index (χ3n) is 14.8. The number of nitrogens with zero attached hydrogens (tertiary/aromatic N) is 3. The number of aliphatic hydroxyl groups is 1. The van der Waals surface area contributed by atoms with E-state index in [1.54, 1.807) is 0 Å². The van der Waals surface area contributed by atoms with E-state index in [9.17, 15) is 15.2 Å². The molecule has 10 aromatic rings. The van der Waals surface area contributed by atoms with Crippen LogP contribution in [0.4, 0.5) is 0 Å². The third-order valence-corrected chi connectivity index (χ3v) is 16.1.